The Morgan fingerprint density at radius 2 is 1.88 bits per heavy atom. The number of amides is 1. The molecule has 1 saturated heterocycles. The Kier molecular flexibility index (Phi) is 8.17. The Labute approximate surface area is 158 Å². The zero-order valence-corrected chi connectivity index (χ0v) is 16.4. The smallest absolute Gasteiger partial charge is 0.410 e. The Hall–Kier alpha value is -1.81. The third kappa shape index (κ3) is 8.05. The summed E-state index contributed by atoms with van der Waals surface area (Å²) in [4.78, 5) is 13.9. The van der Waals surface area contributed by atoms with E-state index < -0.39 is 5.60 Å². The summed E-state index contributed by atoms with van der Waals surface area (Å²) in [6.45, 7) is 8.76. The topological polar surface area (TPSA) is 38.8 Å². The number of rotatable bonds is 7. The molecular weight excluding hydrogens is 326 g/mol. The molecule has 0 N–H and O–H groups in total. The van der Waals surface area contributed by atoms with Crippen LogP contribution >= 0.6 is 0 Å². The number of benzene rings is 1. The molecule has 1 aromatic rings. The van der Waals surface area contributed by atoms with E-state index in [0.29, 0.717) is 12.5 Å². The molecule has 1 heterocycles. The molecule has 0 aliphatic carbocycles. The van der Waals surface area contributed by atoms with Gasteiger partial charge in [-0.15, -0.1) is 0 Å². The van der Waals surface area contributed by atoms with E-state index in [2.05, 4.69) is 24.3 Å². The lowest BCUT2D eigenvalue weighted by atomic mass is 9.96. The second-order valence-corrected chi connectivity index (χ2v) is 7.91. The van der Waals surface area contributed by atoms with Gasteiger partial charge in [-0.25, -0.2) is 4.79 Å². The number of hydrogen-bond acceptors (Lipinski definition) is 3. The fraction of sp³-hybridized carbons (Fsp3) is 0.591. The number of allylic oxidation sites excluding steroid dienone is 2. The van der Waals surface area contributed by atoms with Gasteiger partial charge in [-0.3, -0.25) is 0 Å². The molecule has 1 fully saturated rings. The third-order valence-electron chi connectivity index (χ3n) is 4.37. The zero-order chi connectivity index (χ0) is 18.8. The summed E-state index contributed by atoms with van der Waals surface area (Å²) in [5.41, 5.74) is 0.802. The predicted molar refractivity (Wildman–Crippen MR) is 105 cm³/mol. The molecule has 4 nitrogen and oxygen atoms in total. The highest BCUT2D eigenvalue weighted by molar-refractivity contribution is 5.68. The Morgan fingerprint density at radius 1 is 1.19 bits per heavy atom. The largest absolute Gasteiger partial charge is 0.444 e. The molecule has 2 rings (SSSR count). The highest BCUT2D eigenvalue weighted by atomic mass is 16.6. The van der Waals surface area contributed by atoms with Crippen molar-refractivity contribution in [3.8, 4) is 0 Å². The summed E-state index contributed by atoms with van der Waals surface area (Å²) < 4.78 is 11.1. The molecule has 1 aliphatic rings. The van der Waals surface area contributed by atoms with Crippen LogP contribution in [0.3, 0.4) is 0 Å². The maximum Gasteiger partial charge on any atom is 0.410 e. The molecule has 0 spiro atoms. The fourth-order valence-electron chi connectivity index (χ4n) is 2.96. The Bertz CT molecular complexity index is 555. The molecule has 4 heteroatoms. The van der Waals surface area contributed by atoms with Crippen molar-refractivity contribution in [1.29, 1.82) is 0 Å². The predicted octanol–water partition coefficient (Wildman–Crippen LogP) is 5.19. The van der Waals surface area contributed by atoms with E-state index in [9.17, 15) is 4.79 Å². The van der Waals surface area contributed by atoms with Gasteiger partial charge in [0.25, 0.3) is 0 Å². The number of nitrogens with zero attached hydrogens (tertiary/aromatic N) is 1. The van der Waals surface area contributed by atoms with Crippen LogP contribution in [0.1, 0.15) is 52.0 Å². The van der Waals surface area contributed by atoms with Gasteiger partial charge in [-0.05, 0) is 57.9 Å². The van der Waals surface area contributed by atoms with Crippen LogP contribution in [-0.2, 0) is 16.1 Å². The first-order valence-corrected chi connectivity index (χ1v) is 9.70. The number of unbranched alkanes of at least 4 members (excludes halogenated alkanes) is 1. The van der Waals surface area contributed by atoms with Crippen molar-refractivity contribution in [2.75, 3.05) is 19.7 Å². The third-order valence-corrected chi connectivity index (χ3v) is 4.37. The van der Waals surface area contributed by atoms with Gasteiger partial charge < -0.3 is 14.4 Å². The minimum Gasteiger partial charge on any atom is -0.444 e. The normalized spacial score (nSPS) is 16.2. The van der Waals surface area contributed by atoms with Crippen molar-refractivity contribution >= 4 is 6.09 Å². The summed E-state index contributed by atoms with van der Waals surface area (Å²) in [6, 6.07) is 10.3. The van der Waals surface area contributed by atoms with Crippen molar-refractivity contribution in [2.24, 2.45) is 5.92 Å². The van der Waals surface area contributed by atoms with Gasteiger partial charge in [-0.1, -0.05) is 42.5 Å². The van der Waals surface area contributed by atoms with Gasteiger partial charge >= 0.3 is 6.09 Å². The van der Waals surface area contributed by atoms with Crippen LogP contribution in [0.5, 0.6) is 0 Å². The van der Waals surface area contributed by atoms with Gasteiger partial charge in [0.15, 0.2) is 0 Å². The molecular formula is C22H33NO3. The minimum absolute atomic E-state index is 0.185. The lowest BCUT2D eigenvalue weighted by Crippen LogP contribution is -2.41. The van der Waals surface area contributed by atoms with Crippen molar-refractivity contribution < 1.29 is 14.3 Å². The van der Waals surface area contributed by atoms with Gasteiger partial charge in [-0.2, -0.15) is 0 Å². The SMILES string of the molecule is CC(C)(C)OC(=O)N1CCC(C=CCCCOCc2ccccc2)CC1. The average molecular weight is 360 g/mol. The Balaban J connectivity index is 1.54. The number of carbonyl (C=O) groups excluding carboxylic acids is 1. The maximum absolute atomic E-state index is 12.1. The van der Waals surface area contributed by atoms with E-state index in [1.165, 1.54) is 5.56 Å². The molecule has 0 atom stereocenters. The van der Waals surface area contributed by atoms with Gasteiger partial charge in [0.2, 0.25) is 0 Å². The molecule has 1 amide bonds. The molecule has 0 bridgehead atoms. The molecule has 0 aromatic heterocycles. The molecule has 1 aromatic carbocycles. The summed E-state index contributed by atoms with van der Waals surface area (Å²) in [5.74, 6) is 0.568. The summed E-state index contributed by atoms with van der Waals surface area (Å²) in [7, 11) is 0. The summed E-state index contributed by atoms with van der Waals surface area (Å²) >= 11 is 0. The first-order valence-electron chi connectivity index (χ1n) is 9.70. The Morgan fingerprint density at radius 3 is 2.54 bits per heavy atom. The maximum atomic E-state index is 12.1. The number of ether oxygens (including phenoxy) is 2. The molecule has 0 unspecified atom stereocenters. The highest BCUT2D eigenvalue weighted by Crippen LogP contribution is 2.21. The van der Waals surface area contributed by atoms with Crippen LogP contribution < -0.4 is 0 Å². The average Bonchev–Trinajstić information content (AvgIpc) is 2.61. The van der Waals surface area contributed by atoms with Crippen LogP contribution in [0.2, 0.25) is 0 Å². The van der Waals surface area contributed by atoms with Crippen molar-refractivity contribution in [2.45, 2.75) is 58.7 Å². The monoisotopic (exact) mass is 359 g/mol. The highest BCUT2D eigenvalue weighted by Gasteiger charge is 2.25. The second-order valence-electron chi connectivity index (χ2n) is 7.91. The van der Waals surface area contributed by atoms with Crippen molar-refractivity contribution in [3.05, 3.63) is 48.0 Å². The second kappa shape index (κ2) is 10.4. The standard InChI is InChI=1S/C22H33NO3/c1-22(2,3)26-21(24)23-15-13-19(14-16-23)10-8-5-9-17-25-18-20-11-6-4-7-12-20/h4,6-8,10-12,19H,5,9,13-18H2,1-3H3. The van der Waals surface area contributed by atoms with E-state index in [1.807, 2.05) is 43.9 Å². The van der Waals surface area contributed by atoms with Crippen LogP contribution in [0, 0.1) is 5.92 Å². The van der Waals surface area contributed by atoms with Crippen LogP contribution in [0.25, 0.3) is 0 Å². The number of carbonyl (C=O) groups is 1. The summed E-state index contributed by atoms with van der Waals surface area (Å²) in [6.07, 6.45) is 8.50. The first kappa shape index (κ1) is 20.5. The van der Waals surface area contributed by atoms with E-state index in [-0.39, 0.29) is 6.09 Å². The van der Waals surface area contributed by atoms with E-state index in [1.54, 1.807) is 0 Å². The van der Waals surface area contributed by atoms with E-state index in [4.69, 9.17) is 9.47 Å². The summed E-state index contributed by atoms with van der Waals surface area (Å²) in [5, 5.41) is 0. The van der Waals surface area contributed by atoms with Gasteiger partial charge in [0.05, 0.1) is 6.61 Å². The fourth-order valence-corrected chi connectivity index (χ4v) is 2.96. The lowest BCUT2D eigenvalue weighted by molar-refractivity contribution is 0.0197. The quantitative estimate of drug-likeness (QED) is 0.497. The molecule has 144 valence electrons. The van der Waals surface area contributed by atoms with Crippen LogP contribution in [-0.4, -0.2) is 36.3 Å². The van der Waals surface area contributed by atoms with E-state index >= 15 is 0 Å². The van der Waals surface area contributed by atoms with Crippen molar-refractivity contribution in [1.82, 2.24) is 4.90 Å². The van der Waals surface area contributed by atoms with Gasteiger partial charge in [0.1, 0.15) is 5.60 Å². The first-order chi connectivity index (χ1) is 12.4. The molecule has 1 aliphatic heterocycles. The number of likely N-dealkylation sites (tertiary alicyclic amines) is 1. The van der Waals surface area contributed by atoms with Crippen LogP contribution in [0.15, 0.2) is 42.5 Å². The van der Waals surface area contributed by atoms with E-state index in [0.717, 1.165) is 45.4 Å². The van der Waals surface area contributed by atoms with Crippen LogP contribution in [0.4, 0.5) is 4.79 Å². The zero-order valence-electron chi connectivity index (χ0n) is 16.4. The minimum atomic E-state index is -0.420. The van der Waals surface area contributed by atoms with Gasteiger partial charge in [0, 0.05) is 19.7 Å². The molecule has 0 saturated carbocycles. The molecule has 26 heavy (non-hydrogen) atoms. The number of hydrogen-bond donors (Lipinski definition) is 0. The lowest BCUT2D eigenvalue weighted by Gasteiger charge is -2.32. The van der Waals surface area contributed by atoms with Crippen molar-refractivity contribution in [3.63, 3.8) is 0 Å². The number of piperidine rings is 1. The molecule has 0 radical (unpaired) electrons.